The smallest absolute Gasteiger partial charge is 0.490 e. The Morgan fingerprint density at radius 1 is 0.933 bits per heavy atom. The number of alkyl halides is 3. The maximum absolute atomic E-state index is 13.8. The highest BCUT2D eigenvalue weighted by Crippen LogP contribution is 2.24. The number of aliphatic carboxylic acids is 1. The fourth-order valence-electron chi connectivity index (χ4n) is 2.81. The Labute approximate surface area is 167 Å². The first-order chi connectivity index (χ1) is 14.0. The number of piperazine rings is 1. The van der Waals surface area contributed by atoms with Crippen LogP contribution in [0.1, 0.15) is 5.56 Å². The summed E-state index contributed by atoms with van der Waals surface area (Å²) in [4.78, 5) is 12.8. The van der Waals surface area contributed by atoms with Crippen LogP contribution in [0.15, 0.2) is 36.4 Å². The molecule has 0 radical (unpaired) electrons. The van der Waals surface area contributed by atoms with Gasteiger partial charge in [-0.15, -0.1) is 0 Å². The molecule has 0 aliphatic carbocycles. The number of carboxylic acids is 1. The number of hydrogen-bond acceptors (Lipinski definition) is 4. The van der Waals surface area contributed by atoms with Gasteiger partial charge in [0.15, 0.2) is 0 Å². The molecule has 2 aromatic rings. The topological polar surface area (TPSA) is 64.0 Å². The Morgan fingerprint density at radius 3 is 2.00 bits per heavy atom. The number of carboxylic acid groups (broad SMARTS) is 1. The van der Waals surface area contributed by atoms with Crippen molar-refractivity contribution in [3.8, 4) is 5.75 Å². The van der Waals surface area contributed by atoms with Crippen LogP contribution in [0.4, 0.5) is 32.0 Å². The van der Waals surface area contributed by atoms with Gasteiger partial charge < -0.3 is 15.1 Å². The summed E-state index contributed by atoms with van der Waals surface area (Å²) >= 11 is 0. The highest BCUT2D eigenvalue weighted by molar-refractivity contribution is 5.73. The van der Waals surface area contributed by atoms with Gasteiger partial charge >= 0.3 is 12.1 Å². The molecule has 0 atom stereocenters. The van der Waals surface area contributed by atoms with E-state index >= 15 is 0 Å². The Hall–Kier alpha value is -2.95. The van der Waals surface area contributed by atoms with Crippen molar-refractivity contribution in [2.24, 2.45) is 0 Å². The van der Waals surface area contributed by atoms with Crippen LogP contribution in [0.5, 0.6) is 5.75 Å². The first-order valence-corrected chi connectivity index (χ1v) is 8.67. The molecule has 0 bridgehead atoms. The van der Waals surface area contributed by atoms with Crippen LogP contribution in [0.25, 0.3) is 0 Å². The fourth-order valence-corrected chi connectivity index (χ4v) is 2.81. The molecule has 11 heteroatoms. The molecule has 1 saturated heterocycles. The van der Waals surface area contributed by atoms with Crippen LogP contribution in [0.2, 0.25) is 0 Å². The van der Waals surface area contributed by atoms with Gasteiger partial charge in [0.05, 0.1) is 5.69 Å². The minimum absolute atomic E-state index is 0.0680. The molecule has 5 nitrogen and oxygen atoms in total. The molecule has 0 saturated carbocycles. The number of nitrogens with zero attached hydrogens (tertiary/aromatic N) is 2. The third-order valence-electron chi connectivity index (χ3n) is 4.30. The molecule has 1 aliphatic heterocycles. The second-order valence-corrected chi connectivity index (χ2v) is 6.43. The zero-order chi connectivity index (χ0) is 22.5. The first kappa shape index (κ1) is 23.3. The number of hydrogen-bond donors (Lipinski definition) is 2. The molecule has 30 heavy (non-hydrogen) atoms. The van der Waals surface area contributed by atoms with Crippen molar-refractivity contribution in [3.63, 3.8) is 0 Å². The number of phenols is 1. The van der Waals surface area contributed by atoms with E-state index in [9.17, 15) is 31.4 Å². The van der Waals surface area contributed by atoms with Gasteiger partial charge in [0.25, 0.3) is 0 Å². The van der Waals surface area contributed by atoms with Gasteiger partial charge in [-0.25, -0.2) is 18.0 Å². The van der Waals surface area contributed by atoms with Gasteiger partial charge in [-0.1, -0.05) is 0 Å². The monoisotopic (exact) mass is 436 g/mol. The Balaban J connectivity index is 0.000000396. The van der Waals surface area contributed by atoms with Gasteiger partial charge in [-0.3, -0.25) is 4.90 Å². The van der Waals surface area contributed by atoms with E-state index in [0.717, 1.165) is 6.07 Å². The lowest BCUT2D eigenvalue weighted by molar-refractivity contribution is -0.192. The van der Waals surface area contributed by atoms with E-state index in [1.54, 1.807) is 0 Å². The van der Waals surface area contributed by atoms with E-state index in [4.69, 9.17) is 9.90 Å². The van der Waals surface area contributed by atoms with Crippen molar-refractivity contribution in [3.05, 3.63) is 59.4 Å². The second kappa shape index (κ2) is 9.70. The molecular formula is C19H18F6N2O3. The zero-order valence-electron chi connectivity index (χ0n) is 15.5. The molecule has 2 aromatic carbocycles. The van der Waals surface area contributed by atoms with E-state index in [1.807, 2.05) is 4.90 Å². The van der Waals surface area contributed by atoms with Crippen molar-refractivity contribution in [2.45, 2.75) is 12.7 Å². The summed E-state index contributed by atoms with van der Waals surface area (Å²) in [7, 11) is 0. The van der Waals surface area contributed by atoms with Gasteiger partial charge in [-0.2, -0.15) is 13.2 Å². The lowest BCUT2D eigenvalue weighted by Gasteiger charge is -2.36. The van der Waals surface area contributed by atoms with Crippen LogP contribution in [-0.4, -0.2) is 53.4 Å². The van der Waals surface area contributed by atoms with Crippen LogP contribution < -0.4 is 4.90 Å². The zero-order valence-corrected chi connectivity index (χ0v) is 15.5. The molecule has 1 aliphatic rings. The molecule has 2 N–H and O–H groups in total. The first-order valence-electron chi connectivity index (χ1n) is 8.67. The highest BCUT2D eigenvalue weighted by Gasteiger charge is 2.38. The third kappa shape index (κ3) is 6.55. The number of benzene rings is 2. The maximum Gasteiger partial charge on any atom is 0.490 e. The molecule has 0 aromatic heterocycles. The molecule has 1 heterocycles. The summed E-state index contributed by atoms with van der Waals surface area (Å²) in [6.45, 7) is 2.89. The predicted octanol–water partition coefficient (Wildman–Crippen LogP) is 3.77. The average Bonchev–Trinajstić information content (AvgIpc) is 2.65. The lowest BCUT2D eigenvalue weighted by atomic mass is 10.1. The largest absolute Gasteiger partial charge is 0.508 e. The number of carbonyl (C=O) groups is 1. The number of anilines is 1. The van der Waals surface area contributed by atoms with E-state index < -0.39 is 23.8 Å². The van der Waals surface area contributed by atoms with Gasteiger partial charge in [0.2, 0.25) is 0 Å². The van der Waals surface area contributed by atoms with Crippen LogP contribution in [-0.2, 0) is 11.3 Å². The molecular weight excluding hydrogens is 418 g/mol. The molecule has 0 amide bonds. The van der Waals surface area contributed by atoms with Gasteiger partial charge in [0, 0.05) is 44.4 Å². The Kier molecular flexibility index (Phi) is 7.54. The van der Waals surface area contributed by atoms with Gasteiger partial charge in [-0.05, 0) is 30.3 Å². The highest BCUT2D eigenvalue weighted by atomic mass is 19.4. The number of aromatic hydroxyl groups is 1. The summed E-state index contributed by atoms with van der Waals surface area (Å²) in [6.07, 6.45) is -5.08. The van der Waals surface area contributed by atoms with Crippen molar-refractivity contribution in [1.82, 2.24) is 4.90 Å². The normalized spacial score (nSPS) is 14.8. The van der Waals surface area contributed by atoms with Crippen molar-refractivity contribution in [1.29, 1.82) is 0 Å². The predicted molar refractivity (Wildman–Crippen MR) is 95.6 cm³/mol. The van der Waals surface area contributed by atoms with E-state index in [1.165, 1.54) is 30.3 Å². The number of rotatable bonds is 3. The molecule has 1 fully saturated rings. The molecule has 0 spiro atoms. The van der Waals surface area contributed by atoms with E-state index in [0.29, 0.717) is 44.0 Å². The summed E-state index contributed by atoms with van der Waals surface area (Å²) in [6, 6.07) is 7.45. The van der Waals surface area contributed by atoms with E-state index in [-0.39, 0.29) is 11.6 Å². The number of phenolic OH excluding ortho intramolecular Hbond substituents is 1. The van der Waals surface area contributed by atoms with Crippen LogP contribution in [0, 0.1) is 17.5 Å². The minimum Gasteiger partial charge on any atom is -0.508 e. The minimum atomic E-state index is -5.08. The number of halogens is 6. The fraction of sp³-hybridized carbons (Fsp3) is 0.316. The summed E-state index contributed by atoms with van der Waals surface area (Å²) < 4.78 is 71.8. The van der Waals surface area contributed by atoms with Crippen molar-refractivity contribution < 1.29 is 41.4 Å². The van der Waals surface area contributed by atoms with Crippen LogP contribution >= 0.6 is 0 Å². The summed E-state index contributed by atoms with van der Waals surface area (Å²) in [5.74, 6) is -4.23. The maximum atomic E-state index is 13.8. The van der Waals surface area contributed by atoms with E-state index in [2.05, 4.69) is 4.90 Å². The van der Waals surface area contributed by atoms with Crippen molar-refractivity contribution in [2.75, 3.05) is 31.1 Å². The SMILES string of the molecule is O=C(O)C(F)(F)F.Oc1ccc(F)cc1CN1CCN(c2ccc(F)cc2F)CC1. The molecule has 0 unspecified atom stereocenters. The molecule has 3 rings (SSSR count). The molecule has 164 valence electrons. The third-order valence-corrected chi connectivity index (χ3v) is 4.30. The Morgan fingerprint density at radius 2 is 1.47 bits per heavy atom. The Bertz CT molecular complexity index is 883. The average molecular weight is 436 g/mol. The lowest BCUT2D eigenvalue weighted by Crippen LogP contribution is -2.46. The van der Waals surface area contributed by atoms with Crippen molar-refractivity contribution >= 4 is 11.7 Å². The van der Waals surface area contributed by atoms with Gasteiger partial charge in [0.1, 0.15) is 23.2 Å². The summed E-state index contributed by atoms with van der Waals surface area (Å²) in [5, 5.41) is 16.9. The second-order valence-electron chi connectivity index (χ2n) is 6.43. The summed E-state index contributed by atoms with van der Waals surface area (Å²) in [5.41, 5.74) is 0.922. The van der Waals surface area contributed by atoms with Crippen LogP contribution in [0.3, 0.4) is 0 Å². The quantitative estimate of drug-likeness (QED) is 0.718. The standard InChI is InChI=1S/C17H17F3N2O.C2HF3O2/c18-13-2-4-17(23)12(9-13)11-21-5-7-22(8-6-21)16-3-1-14(19)10-15(16)20;3-2(4,5)1(6)7/h1-4,9-10,23H,5-8,11H2;(H,6,7).